The summed E-state index contributed by atoms with van der Waals surface area (Å²) < 4.78 is 0. The molecule has 0 fully saturated rings. The molecule has 0 aliphatic carbocycles. The highest BCUT2D eigenvalue weighted by Crippen LogP contribution is 2.15. The molecule has 3 heteroatoms. The lowest BCUT2D eigenvalue weighted by atomic mass is 10.1. The maximum absolute atomic E-state index is 4.58. The highest BCUT2D eigenvalue weighted by Gasteiger charge is 2.08. The first-order valence-corrected chi connectivity index (χ1v) is 7.15. The third-order valence-electron chi connectivity index (χ3n) is 3.08. The molecule has 0 radical (unpaired) electrons. The molecule has 1 rings (SSSR count). The Hall–Kier alpha value is -1.12. The molecule has 1 N–H and O–H groups in total. The van der Waals surface area contributed by atoms with E-state index in [1.165, 1.54) is 25.7 Å². The third-order valence-corrected chi connectivity index (χ3v) is 3.08. The number of nitrogens with zero attached hydrogens (tertiary/aromatic N) is 2. The van der Waals surface area contributed by atoms with Crippen LogP contribution in [0.5, 0.6) is 0 Å². The molecule has 102 valence electrons. The normalized spacial score (nSPS) is 12.8. The average molecular weight is 249 g/mol. The Labute approximate surface area is 111 Å². The van der Waals surface area contributed by atoms with Crippen LogP contribution < -0.4 is 5.32 Å². The van der Waals surface area contributed by atoms with Gasteiger partial charge in [-0.1, -0.05) is 40.0 Å². The highest BCUT2D eigenvalue weighted by atomic mass is 15.1. The number of hydrogen-bond donors (Lipinski definition) is 1. The third kappa shape index (κ3) is 5.03. The zero-order valence-electron chi connectivity index (χ0n) is 12.5. The first kappa shape index (κ1) is 14.9. The summed E-state index contributed by atoms with van der Waals surface area (Å²) >= 11 is 0. The van der Waals surface area contributed by atoms with Crippen LogP contribution in [0.1, 0.15) is 70.7 Å². The number of unbranched alkanes of at least 4 members (excludes halogenated alkanes) is 2. The molecule has 0 amide bonds. The second-order valence-corrected chi connectivity index (χ2v) is 5.45. The van der Waals surface area contributed by atoms with Gasteiger partial charge in [-0.05, 0) is 32.3 Å². The van der Waals surface area contributed by atoms with Crippen LogP contribution in [-0.2, 0) is 0 Å². The van der Waals surface area contributed by atoms with E-state index in [2.05, 4.69) is 49.0 Å². The SMILES string of the molecule is CCCCCC(C)Nc1nc(C)cc(C(C)C)n1. The largest absolute Gasteiger partial charge is 0.352 e. The Morgan fingerprint density at radius 3 is 2.50 bits per heavy atom. The molecule has 1 atom stereocenters. The minimum atomic E-state index is 0.443. The fraction of sp³-hybridized carbons (Fsp3) is 0.733. The zero-order chi connectivity index (χ0) is 13.5. The van der Waals surface area contributed by atoms with Crippen molar-refractivity contribution >= 4 is 5.95 Å². The van der Waals surface area contributed by atoms with Gasteiger partial charge in [0.25, 0.3) is 0 Å². The summed E-state index contributed by atoms with van der Waals surface area (Å²) in [6, 6.07) is 2.51. The lowest BCUT2D eigenvalue weighted by Crippen LogP contribution is -2.18. The summed E-state index contributed by atoms with van der Waals surface area (Å²) in [5.41, 5.74) is 2.16. The number of rotatable bonds is 7. The van der Waals surface area contributed by atoms with E-state index in [4.69, 9.17) is 0 Å². The van der Waals surface area contributed by atoms with Crippen LogP contribution in [0.3, 0.4) is 0 Å². The number of anilines is 1. The average Bonchev–Trinajstić information content (AvgIpc) is 2.28. The minimum absolute atomic E-state index is 0.443. The van der Waals surface area contributed by atoms with Gasteiger partial charge in [0.1, 0.15) is 0 Å². The Kier molecular flexibility index (Phi) is 6.10. The number of hydrogen-bond acceptors (Lipinski definition) is 3. The second kappa shape index (κ2) is 7.34. The van der Waals surface area contributed by atoms with E-state index in [-0.39, 0.29) is 0 Å². The molecule has 3 nitrogen and oxygen atoms in total. The van der Waals surface area contributed by atoms with Crippen LogP contribution in [0.25, 0.3) is 0 Å². The van der Waals surface area contributed by atoms with Crippen molar-refractivity contribution in [2.45, 2.75) is 72.3 Å². The van der Waals surface area contributed by atoms with E-state index >= 15 is 0 Å². The first-order valence-electron chi connectivity index (χ1n) is 7.15. The summed E-state index contributed by atoms with van der Waals surface area (Å²) in [6.45, 7) is 10.8. The zero-order valence-corrected chi connectivity index (χ0v) is 12.5. The molecule has 0 spiro atoms. The summed E-state index contributed by atoms with van der Waals surface area (Å²) in [6.07, 6.45) is 5.03. The van der Waals surface area contributed by atoms with Crippen molar-refractivity contribution in [3.8, 4) is 0 Å². The van der Waals surface area contributed by atoms with E-state index in [0.717, 1.165) is 17.3 Å². The summed E-state index contributed by atoms with van der Waals surface area (Å²) in [5, 5.41) is 3.41. The molecule has 1 heterocycles. The fourth-order valence-electron chi connectivity index (χ4n) is 1.95. The molecule has 0 aliphatic rings. The van der Waals surface area contributed by atoms with Crippen LogP contribution in [0.2, 0.25) is 0 Å². The van der Waals surface area contributed by atoms with Gasteiger partial charge in [0.05, 0.1) is 0 Å². The predicted octanol–water partition coefficient (Wildman–Crippen LogP) is 4.29. The minimum Gasteiger partial charge on any atom is -0.352 e. The lowest BCUT2D eigenvalue weighted by molar-refractivity contribution is 0.611. The van der Waals surface area contributed by atoms with Crippen LogP contribution in [-0.4, -0.2) is 16.0 Å². The Balaban J connectivity index is 2.60. The predicted molar refractivity (Wildman–Crippen MR) is 78.1 cm³/mol. The van der Waals surface area contributed by atoms with E-state index in [0.29, 0.717) is 12.0 Å². The molecular formula is C15H27N3. The topological polar surface area (TPSA) is 37.8 Å². The molecule has 18 heavy (non-hydrogen) atoms. The Morgan fingerprint density at radius 2 is 1.89 bits per heavy atom. The van der Waals surface area contributed by atoms with Crippen LogP contribution in [0.4, 0.5) is 5.95 Å². The van der Waals surface area contributed by atoms with Gasteiger partial charge in [-0.3, -0.25) is 0 Å². The van der Waals surface area contributed by atoms with Gasteiger partial charge in [0.15, 0.2) is 0 Å². The van der Waals surface area contributed by atoms with Gasteiger partial charge < -0.3 is 5.32 Å². The maximum Gasteiger partial charge on any atom is 0.223 e. The van der Waals surface area contributed by atoms with E-state index in [1.807, 2.05) is 6.92 Å². The van der Waals surface area contributed by atoms with Crippen molar-refractivity contribution in [2.75, 3.05) is 5.32 Å². The molecule has 1 aromatic heterocycles. The molecule has 0 bridgehead atoms. The fourth-order valence-corrected chi connectivity index (χ4v) is 1.95. The number of aromatic nitrogens is 2. The molecule has 1 unspecified atom stereocenters. The van der Waals surface area contributed by atoms with Crippen molar-refractivity contribution in [1.82, 2.24) is 9.97 Å². The van der Waals surface area contributed by atoms with Gasteiger partial charge in [-0.15, -0.1) is 0 Å². The summed E-state index contributed by atoms with van der Waals surface area (Å²) in [7, 11) is 0. The van der Waals surface area contributed by atoms with E-state index in [9.17, 15) is 0 Å². The smallest absolute Gasteiger partial charge is 0.223 e. The lowest BCUT2D eigenvalue weighted by Gasteiger charge is -2.15. The molecule has 0 saturated carbocycles. The molecular weight excluding hydrogens is 222 g/mol. The van der Waals surface area contributed by atoms with Crippen molar-refractivity contribution in [3.05, 3.63) is 17.5 Å². The first-order chi connectivity index (χ1) is 8.52. The Morgan fingerprint density at radius 1 is 1.17 bits per heavy atom. The molecule has 1 aromatic rings. The Bertz CT molecular complexity index is 361. The van der Waals surface area contributed by atoms with Crippen LogP contribution >= 0.6 is 0 Å². The highest BCUT2D eigenvalue weighted by molar-refractivity contribution is 5.30. The maximum atomic E-state index is 4.58. The number of aryl methyl sites for hydroxylation is 1. The van der Waals surface area contributed by atoms with Crippen LogP contribution in [0, 0.1) is 6.92 Å². The van der Waals surface area contributed by atoms with Gasteiger partial charge >= 0.3 is 0 Å². The van der Waals surface area contributed by atoms with Crippen molar-refractivity contribution in [2.24, 2.45) is 0 Å². The number of nitrogens with one attached hydrogen (secondary N) is 1. The standard InChI is InChI=1S/C15H27N3/c1-6-7-8-9-12(4)16-15-17-13(5)10-14(18-15)11(2)3/h10-12H,6-9H2,1-5H3,(H,16,17,18). The van der Waals surface area contributed by atoms with Crippen molar-refractivity contribution in [3.63, 3.8) is 0 Å². The van der Waals surface area contributed by atoms with Gasteiger partial charge in [-0.25, -0.2) is 9.97 Å². The summed E-state index contributed by atoms with van der Waals surface area (Å²) in [5.74, 6) is 1.23. The van der Waals surface area contributed by atoms with Crippen LogP contribution in [0.15, 0.2) is 6.07 Å². The van der Waals surface area contributed by atoms with Gasteiger partial charge in [-0.2, -0.15) is 0 Å². The van der Waals surface area contributed by atoms with Gasteiger partial charge in [0.2, 0.25) is 5.95 Å². The van der Waals surface area contributed by atoms with Gasteiger partial charge in [0, 0.05) is 17.4 Å². The van der Waals surface area contributed by atoms with Crippen molar-refractivity contribution in [1.29, 1.82) is 0 Å². The summed E-state index contributed by atoms with van der Waals surface area (Å²) in [4.78, 5) is 9.04. The quantitative estimate of drug-likeness (QED) is 0.733. The molecule has 0 aromatic carbocycles. The monoisotopic (exact) mass is 249 g/mol. The molecule has 0 saturated heterocycles. The second-order valence-electron chi connectivity index (χ2n) is 5.45. The van der Waals surface area contributed by atoms with E-state index < -0.39 is 0 Å². The molecule has 0 aliphatic heterocycles. The van der Waals surface area contributed by atoms with E-state index in [1.54, 1.807) is 0 Å². The van der Waals surface area contributed by atoms with Crippen molar-refractivity contribution < 1.29 is 0 Å².